The first-order valence-corrected chi connectivity index (χ1v) is 6.58. The number of methoxy groups -OCH3 is 1. The number of hydrogen-bond donors (Lipinski definition) is 1. The average molecular weight is 269 g/mol. The first-order chi connectivity index (χ1) is 8.67. The summed E-state index contributed by atoms with van der Waals surface area (Å²) in [5, 5.41) is 10.3. The van der Waals surface area contributed by atoms with Crippen molar-refractivity contribution < 1.29 is 14.6 Å². The van der Waals surface area contributed by atoms with E-state index in [9.17, 15) is 5.11 Å². The fourth-order valence-corrected chi connectivity index (χ4v) is 3.25. The monoisotopic (exact) mass is 268 g/mol. The van der Waals surface area contributed by atoms with Gasteiger partial charge in [-0.15, -0.1) is 0 Å². The van der Waals surface area contributed by atoms with Crippen LogP contribution in [0.25, 0.3) is 0 Å². The first kappa shape index (κ1) is 12.3. The van der Waals surface area contributed by atoms with Crippen LogP contribution in [0.4, 0.5) is 0 Å². The SMILES string of the molecule is COc1ccc(C2(C3(CO)CC3)COC2)cc1Cl. The Hall–Kier alpha value is -0.770. The van der Waals surface area contributed by atoms with Gasteiger partial charge in [0.05, 0.1) is 25.3 Å². The molecule has 2 fully saturated rings. The van der Waals surface area contributed by atoms with Crippen molar-refractivity contribution in [1.29, 1.82) is 0 Å². The molecule has 0 radical (unpaired) electrons. The van der Waals surface area contributed by atoms with Crippen LogP contribution in [0, 0.1) is 5.41 Å². The van der Waals surface area contributed by atoms with Crippen molar-refractivity contribution in [3.63, 3.8) is 0 Å². The molecule has 0 unspecified atom stereocenters. The van der Waals surface area contributed by atoms with Gasteiger partial charge in [0.25, 0.3) is 0 Å². The van der Waals surface area contributed by atoms with Gasteiger partial charge in [-0.3, -0.25) is 0 Å². The molecule has 0 aromatic heterocycles. The molecule has 1 heterocycles. The number of halogens is 1. The number of benzene rings is 1. The largest absolute Gasteiger partial charge is 0.495 e. The van der Waals surface area contributed by atoms with Crippen molar-refractivity contribution in [3.05, 3.63) is 28.8 Å². The third-order valence-corrected chi connectivity index (χ3v) is 4.87. The number of rotatable bonds is 4. The summed E-state index contributed by atoms with van der Waals surface area (Å²) >= 11 is 6.20. The predicted molar refractivity (Wildman–Crippen MR) is 69.3 cm³/mol. The Kier molecular flexibility index (Phi) is 2.81. The molecule has 1 aromatic carbocycles. The molecule has 1 N–H and O–H groups in total. The maximum atomic E-state index is 9.68. The van der Waals surface area contributed by atoms with Crippen LogP contribution in [0.15, 0.2) is 18.2 Å². The van der Waals surface area contributed by atoms with Crippen LogP contribution in [-0.4, -0.2) is 32.0 Å². The highest BCUT2D eigenvalue weighted by Gasteiger charge is 2.63. The Labute approximate surface area is 112 Å². The van der Waals surface area contributed by atoms with E-state index >= 15 is 0 Å². The van der Waals surface area contributed by atoms with Gasteiger partial charge in [-0.25, -0.2) is 0 Å². The summed E-state index contributed by atoms with van der Waals surface area (Å²) < 4.78 is 10.6. The highest BCUT2D eigenvalue weighted by molar-refractivity contribution is 6.32. The summed E-state index contributed by atoms with van der Waals surface area (Å²) in [4.78, 5) is 0. The standard InChI is InChI=1S/C14H17ClO3/c1-17-12-3-2-10(6-11(12)15)14(8-18-9-14)13(7-16)4-5-13/h2-3,6,16H,4-5,7-9H2,1H3. The van der Waals surface area contributed by atoms with Crippen LogP contribution >= 0.6 is 11.6 Å². The third-order valence-electron chi connectivity index (χ3n) is 4.57. The summed E-state index contributed by atoms with van der Waals surface area (Å²) in [5.41, 5.74) is 1.10. The average Bonchev–Trinajstić information content (AvgIpc) is 3.09. The van der Waals surface area contributed by atoms with Crippen LogP contribution in [-0.2, 0) is 10.2 Å². The van der Waals surface area contributed by atoms with E-state index in [1.165, 1.54) is 0 Å². The lowest BCUT2D eigenvalue weighted by Gasteiger charge is -2.48. The molecule has 0 spiro atoms. The summed E-state index contributed by atoms with van der Waals surface area (Å²) in [6, 6.07) is 5.90. The van der Waals surface area contributed by atoms with E-state index in [2.05, 4.69) is 0 Å². The van der Waals surface area contributed by atoms with Gasteiger partial charge in [-0.05, 0) is 30.5 Å². The van der Waals surface area contributed by atoms with E-state index in [-0.39, 0.29) is 17.4 Å². The van der Waals surface area contributed by atoms with E-state index in [0.29, 0.717) is 24.0 Å². The molecule has 2 aliphatic rings. The fraction of sp³-hybridized carbons (Fsp3) is 0.571. The summed E-state index contributed by atoms with van der Waals surface area (Å²) in [6.45, 7) is 1.58. The molecule has 0 amide bonds. The van der Waals surface area contributed by atoms with Gasteiger partial charge in [-0.1, -0.05) is 17.7 Å². The Morgan fingerprint density at radius 1 is 1.39 bits per heavy atom. The maximum absolute atomic E-state index is 9.68. The minimum absolute atomic E-state index is 0.00314. The lowest BCUT2D eigenvalue weighted by Crippen LogP contribution is -2.55. The normalized spacial score (nSPS) is 23.3. The molecule has 3 rings (SSSR count). The van der Waals surface area contributed by atoms with Gasteiger partial charge < -0.3 is 14.6 Å². The molecule has 3 nitrogen and oxygen atoms in total. The van der Waals surface area contributed by atoms with Gasteiger partial charge in [0, 0.05) is 17.4 Å². The molecule has 0 bridgehead atoms. The number of ether oxygens (including phenoxy) is 2. The minimum atomic E-state index is -0.0579. The van der Waals surface area contributed by atoms with Crippen LogP contribution in [0.2, 0.25) is 5.02 Å². The lowest BCUT2D eigenvalue weighted by atomic mass is 9.66. The van der Waals surface area contributed by atoms with Crippen molar-refractivity contribution in [2.45, 2.75) is 18.3 Å². The summed E-state index contributed by atoms with van der Waals surface area (Å²) in [7, 11) is 1.61. The van der Waals surface area contributed by atoms with Crippen LogP contribution < -0.4 is 4.74 Å². The Bertz CT molecular complexity index is 464. The Morgan fingerprint density at radius 2 is 2.11 bits per heavy atom. The molecule has 18 heavy (non-hydrogen) atoms. The van der Waals surface area contributed by atoms with Gasteiger partial charge in [0.15, 0.2) is 0 Å². The Balaban J connectivity index is 2.00. The van der Waals surface area contributed by atoms with E-state index in [1.54, 1.807) is 7.11 Å². The van der Waals surface area contributed by atoms with E-state index in [4.69, 9.17) is 21.1 Å². The minimum Gasteiger partial charge on any atom is -0.495 e. The van der Waals surface area contributed by atoms with E-state index < -0.39 is 0 Å². The molecule has 4 heteroatoms. The number of aliphatic hydroxyl groups is 1. The molecule has 98 valence electrons. The van der Waals surface area contributed by atoms with E-state index in [1.807, 2.05) is 18.2 Å². The van der Waals surface area contributed by atoms with Crippen LogP contribution in [0.1, 0.15) is 18.4 Å². The molecule has 1 saturated heterocycles. The first-order valence-electron chi connectivity index (χ1n) is 6.20. The van der Waals surface area contributed by atoms with Gasteiger partial charge in [-0.2, -0.15) is 0 Å². The number of aliphatic hydroxyl groups excluding tert-OH is 1. The van der Waals surface area contributed by atoms with Crippen molar-refractivity contribution in [2.75, 3.05) is 26.9 Å². The summed E-state index contributed by atoms with van der Waals surface area (Å²) in [6.07, 6.45) is 2.13. The second-order valence-corrected chi connectivity index (χ2v) is 5.77. The van der Waals surface area contributed by atoms with Crippen LogP contribution in [0.3, 0.4) is 0 Å². The molecule has 1 aliphatic carbocycles. The fourth-order valence-electron chi connectivity index (χ4n) is 2.99. The smallest absolute Gasteiger partial charge is 0.137 e. The van der Waals surface area contributed by atoms with Crippen molar-refractivity contribution in [2.24, 2.45) is 5.41 Å². The number of hydrogen-bond acceptors (Lipinski definition) is 3. The summed E-state index contributed by atoms with van der Waals surface area (Å²) in [5.74, 6) is 0.685. The predicted octanol–water partition coefficient (Wildman–Crippen LogP) is 2.39. The van der Waals surface area contributed by atoms with Crippen molar-refractivity contribution >= 4 is 11.6 Å². The highest BCUT2D eigenvalue weighted by Crippen LogP contribution is 2.62. The second-order valence-electron chi connectivity index (χ2n) is 5.36. The molecule has 0 atom stereocenters. The van der Waals surface area contributed by atoms with Gasteiger partial charge in [0.2, 0.25) is 0 Å². The Morgan fingerprint density at radius 3 is 2.50 bits per heavy atom. The molecular formula is C14H17ClO3. The molecule has 1 aromatic rings. The highest BCUT2D eigenvalue weighted by atomic mass is 35.5. The van der Waals surface area contributed by atoms with Crippen molar-refractivity contribution in [3.8, 4) is 5.75 Å². The molecular weight excluding hydrogens is 252 g/mol. The maximum Gasteiger partial charge on any atom is 0.137 e. The second kappa shape index (κ2) is 4.12. The van der Waals surface area contributed by atoms with E-state index in [0.717, 1.165) is 18.4 Å². The molecule has 1 saturated carbocycles. The molecule has 1 aliphatic heterocycles. The third kappa shape index (κ3) is 1.51. The quantitative estimate of drug-likeness (QED) is 0.911. The zero-order valence-electron chi connectivity index (χ0n) is 10.4. The van der Waals surface area contributed by atoms with Crippen LogP contribution in [0.5, 0.6) is 5.75 Å². The van der Waals surface area contributed by atoms with Crippen molar-refractivity contribution in [1.82, 2.24) is 0 Å². The van der Waals surface area contributed by atoms with Gasteiger partial charge >= 0.3 is 0 Å². The zero-order valence-corrected chi connectivity index (χ0v) is 11.2. The topological polar surface area (TPSA) is 38.7 Å². The zero-order chi connectivity index (χ0) is 12.8. The lowest BCUT2D eigenvalue weighted by molar-refractivity contribution is -0.110. The van der Waals surface area contributed by atoms with Gasteiger partial charge in [0.1, 0.15) is 5.75 Å².